The van der Waals surface area contributed by atoms with Crippen molar-refractivity contribution in [2.24, 2.45) is 5.92 Å². The number of rotatable bonds is 4. The van der Waals surface area contributed by atoms with Crippen molar-refractivity contribution >= 4 is 17.3 Å². The molecular formula is C17H26N2O2. The summed E-state index contributed by atoms with van der Waals surface area (Å²) in [7, 11) is 1.38. The van der Waals surface area contributed by atoms with Crippen molar-refractivity contribution in [2.75, 3.05) is 30.8 Å². The van der Waals surface area contributed by atoms with Gasteiger partial charge in [0.1, 0.15) is 0 Å². The van der Waals surface area contributed by atoms with E-state index in [1.807, 2.05) is 12.1 Å². The summed E-state index contributed by atoms with van der Waals surface area (Å²) in [6, 6.07) is 5.61. The van der Waals surface area contributed by atoms with E-state index in [1.54, 1.807) is 6.07 Å². The quantitative estimate of drug-likeness (QED) is 0.681. The van der Waals surface area contributed by atoms with Crippen LogP contribution >= 0.6 is 0 Å². The smallest absolute Gasteiger partial charge is 0.340 e. The Labute approximate surface area is 127 Å². The lowest BCUT2D eigenvalue weighted by atomic mass is 9.96. The fourth-order valence-corrected chi connectivity index (χ4v) is 3.22. The molecule has 0 amide bonds. The van der Waals surface area contributed by atoms with Gasteiger partial charge in [0.05, 0.1) is 24.0 Å². The van der Waals surface area contributed by atoms with E-state index in [9.17, 15) is 4.79 Å². The highest BCUT2D eigenvalue weighted by atomic mass is 16.5. The lowest BCUT2D eigenvalue weighted by Gasteiger charge is -2.25. The second kappa shape index (κ2) is 7.34. The number of nitrogens with zero attached hydrogens (tertiary/aromatic N) is 1. The van der Waals surface area contributed by atoms with Gasteiger partial charge in [0.2, 0.25) is 0 Å². The molecule has 1 atom stereocenters. The van der Waals surface area contributed by atoms with Gasteiger partial charge in [-0.2, -0.15) is 0 Å². The molecule has 1 unspecified atom stereocenters. The molecule has 0 spiro atoms. The molecule has 21 heavy (non-hydrogen) atoms. The van der Waals surface area contributed by atoms with Crippen molar-refractivity contribution in [2.45, 2.75) is 39.0 Å². The van der Waals surface area contributed by atoms with Crippen LogP contribution in [0.15, 0.2) is 18.2 Å². The maximum absolute atomic E-state index is 11.8. The number of hydrogen-bond donors (Lipinski definition) is 1. The third-order valence-corrected chi connectivity index (χ3v) is 4.37. The van der Waals surface area contributed by atoms with Gasteiger partial charge in [0, 0.05) is 13.1 Å². The number of nitrogens with two attached hydrogens (primary N) is 1. The zero-order chi connectivity index (χ0) is 15.2. The zero-order valence-electron chi connectivity index (χ0n) is 13.1. The normalized spacial score (nSPS) is 19.1. The van der Waals surface area contributed by atoms with Gasteiger partial charge in [-0.15, -0.1) is 0 Å². The summed E-state index contributed by atoms with van der Waals surface area (Å²) in [6.07, 6.45) is 6.25. The first-order valence-corrected chi connectivity index (χ1v) is 7.89. The van der Waals surface area contributed by atoms with Crippen LogP contribution in [0.5, 0.6) is 0 Å². The topological polar surface area (TPSA) is 55.6 Å². The number of anilines is 2. The molecule has 2 rings (SSSR count). The number of hydrogen-bond acceptors (Lipinski definition) is 4. The molecule has 1 aromatic carbocycles. The van der Waals surface area contributed by atoms with Crippen molar-refractivity contribution in [1.29, 1.82) is 0 Å². The van der Waals surface area contributed by atoms with Gasteiger partial charge < -0.3 is 15.4 Å². The molecule has 2 N–H and O–H groups in total. The average Bonchev–Trinajstić information content (AvgIpc) is 2.73. The molecule has 0 saturated carbocycles. The molecule has 1 aliphatic rings. The molecule has 4 heteroatoms. The zero-order valence-corrected chi connectivity index (χ0v) is 13.1. The molecule has 0 aromatic heterocycles. The predicted molar refractivity (Wildman–Crippen MR) is 86.7 cm³/mol. The van der Waals surface area contributed by atoms with Gasteiger partial charge in [-0.05, 0) is 37.3 Å². The summed E-state index contributed by atoms with van der Waals surface area (Å²) >= 11 is 0. The highest BCUT2D eigenvalue weighted by Crippen LogP contribution is 2.31. The number of ether oxygens (including phenoxy) is 1. The van der Waals surface area contributed by atoms with Crippen LogP contribution in [-0.4, -0.2) is 26.2 Å². The minimum absolute atomic E-state index is 0.368. The first-order chi connectivity index (χ1) is 10.2. The highest BCUT2D eigenvalue weighted by Gasteiger charge is 2.20. The van der Waals surface area contributed by atoms with E-state index in [0.717, 1.165) is 24.7 Å². The number of methoxy groups -OCH3 is 1. The van der Waals surface area contributed by atoms with E-state index < -0.39 is 0 Å². The van der Waals surface area contributed by atoms with E-state index in [2.05, 4.69) is 11.8 Å². The first-order valence-electron chi connectivity index (χ1n) is 7.89. The van der Waals surface area contributed by atoms with Gasteiger partial charge in [0.15, 0.2) is 0 Å². The van der Waals surface area contributed by atoms with E-state index in [-0.39, 0.29) is 5.97 Å². The van der Waals surface area contributed by atoms with Crippen LogP contribution < -0.4 is 10.6 Å². The van der Waals surface area contributed by atoms with Gasteiger partial charge in [-0.3, -0.25) is 0 Å². The van der Waals surface area contributed by atoms with E-state index >= 15 is 0 Å². The van der Waals surface area contributed by atoms with Crippen LogP contribution in [0.3, 0.4) is 0 Å². The van der Waals surface area contributed by atoms with Crippen LogP contribution in [-0.2, 0) is 4.74 Å². The minimum Gasteiger partial charge on any atom is -0.465 e. The third-order valence-electron chi connectivity index (χ3n) is 4.37. The summed E-state index contributed by atoms with van der Waals surface area (Å²) in [6.45, 7) is 4.27. The second-order valence-corrected chi connectivity index (χ2v) is 5.80. The van der Waals surface area contributed by atoms with Crippen molar-refractivity contribution in [3.63, 3.8) is 0 Å². The van der Waals surface area contributed by atoms with Crippen molar-refractivity contribution < 1.29 is 9.53 Å². The molecule has 0 aliphatic carbocycles. The summed E-state index contributed by atoms with van der Waals surface area (Å²) in [5.74, 6) is 0.457. The molecule has 0 radical (unpaired) electrons. The van der Waals surface area contributed by atoms with Gasteiger partial charge >= 0.3 is 5.97 Å². The van der Waals surface area contributed by atoms with Crippen molar-refractivity contribution in [3.8, 4) is 0 Å². The second-order valence-electron chi connectivity index (χ2n) is 5.80. The van der Waals surface area contributed by atoms with Gasteiger partial charge in [0.25, 0.3) is 0 Å². The maximum Gasteiger partial charge on any atom is 0.340 e. The Bertz CT molecular complexity index is 488. The molecule has 4 nitrogen and oxygen atoms in total. The van der Waals surface area contributed by atoms with Gasteiger partial charge in [-0.1, -0.05) is 25.8 Å². The Balaban J connectivity index is 2.16. The largest absolute Gasteiger partial charge is 0.465 e. The van der Waals surface area contributed by atoms with E-state index in [0.29, 0.717) is 11.3 Å². The summed E-state index contributed by atoms with van der Waals surface area (Å²) in [5.41, 5.74) is 8.16. The van der Waals surface area contributed by atoms with Crippen LogP contribution in [0.25, 0.3) is 0 Å². The maximum atomic E-state index is 11.8. The summed E-state index contributed by atoms with van der Waals surface area (Å²) < 4.78 is 4.80. The Morgan fingerprint density at radius 1 is 1.38 bits per heavy atom. The van der Waals surface area contributed by atoms with Crippen LogP contribution in [0.1, 0.15) is 49.4 Å². The SMILES string of the molecule is CCCC1CCCN(c2cccc(C(=O)OC)c2N)CC1. The Morgan fingerprint density at radius 2 is 2.19 bits per heavy atom. The Morgan fingerprint density at radius 3 is 2.90 bits per heavy atom. The van der Waals surface area contributed by atoms with E-state index in [1.165, 1.54) is 39.2 Å². The van der Waals surface area contributed by atoms with Gasteiger partial charge in [-0.25, -0.2) is 4.79 Å². The number of nitrogen functional groups attached to an aromatic ring is 1. The highest BCUT2D eigenvalue weighted by molar-refractivity contribution is 5.98. The third kappa shape index (κ3) is 3.69. The van der Waals surface area contributed by atoms with Crippen LogP contribution in [0, 0.1) is 5.92 Å². The lowest BCUT2D eigenvalue weighted by molar-refractivity contribution is 0.0602. The van der Waals surface area contributed by atoms with E-state index in [4.69, 9.17) is 10.5 Å². The molecule has 0 bridgehead atoms. The monoisotopic (exact) mass is 290 g/mol. The standard InChI is InChI=1S/C17H26N2O2/c1-3-6-13-7-5-11-19(12-10-13)15-9-4-8-14(16(15)18)17(20)21-2/h4,8-9,13H,3,5-7,10-12,18H2,1-2H3. The molecular weight excluding hydrogens is 264 g/mol. The number of carbonyl (C=O) groups is 1. The Kier molecular flexibility index (Phi) is 5.48. The fourth-order valence-electron chi connectivity index (χ4n) is 3.22. The molecule has 116 valence electrons. The molecule has 1 heterocycles. The lowest BCUT2D eigenvalue weighted by Crippen LogP contribution is -2.26. The average molecular weight is 290 g/mol. The predicted octanol–water partition coefficient (Wildman–Crippen LogP) is 3.46. The summed E-state index contributed by atoms with van der Waals surface area (Å²) in [4.78, 5) is 14.1. The number of esters is 1. The van der Waals surface area contributed by atoms with Crippen LogP contribution in [0.2, 0.25) is 0 Å². The van der Waals surface area contributed by atoms with Crippen LogP contribution in [0.4, 0.5) is 11.4 Å². The number of para-hydroxylation sites is 1. The fraction of sp³-hybridized carbons (Fsp3) is 0.588. The molecule has 1 aliphatic heterocycles. The molecule has 1 aromatic rings. The molecule has 1 fully saturated rings. The first kappa shape index (κ1) is 15.7. The number of benzene rings is 1. The number of carbonyl (C=O) groups excluding carboxylic acids is 1. The molecule has 1 saturated heterocycles. The minimum atomic E-state index is -0.368. The summed E-state index contributed by atoms with van der Waals surface area (Å²) in [5, 5.41) is 0. The Hall–Kier alpha value is -1.71. The van der Waals surface area contributed by atoms with Crippen molar-refractivity contribution in [1.82, 2.24) is 0 Å². The van der Waals surface area contributed by atoms with Crippen molar-refractivity contribution in [3.05, 3.63) is 23.8 Å².